The van der Waals surface area contributed by atoms with Gasteiger partial charge in [0.1, 0.15) is 5.75 Å². The van der Waals surface area contributed by atoms with Crippen molar-refractivity contribution in [2.75, 3.05) is 7.11 Å². The second-order valence-corrected chi connectivity index (χ2v) is 7.53. The highest BCUT2D eigenvalue weighted by Gasteiger charge is 2.35. The van der Waals surface area contributed by atoms with Crippen molar-refractivity contribution in [1.82, 2.24) is 19.7 Å². The Balaban J connectivity index is 1.67. The van der Waals surface area contributed by atoms with E-state index in [4.69, 9.17) is 14.6 Å². The summed E-state index contributed by atoms with van der Waals surface area (Å²) >= 11 is 0. The van der Waals surface area contributed by atoms with Gasteiger partial charge in [-0.3, -0.25) is 0 Å². The van der Waals surface area contributed by atoms with Gasteiger partial charge in [-0.1, -0.05) is 6.07 Å². The van der Waals surface area contributed by atoms with Gasteiger partial charge in [0.15, 0.2) is 0 Å². The molecule has 0 saturated carbocycles. The van der Waals surface area contributed by atoms with Crippen molar-refractivity contribution < 1.29 is 22.6 Å². The number of hydrogen-bond acceptors (Lipinski definition) is 4. The number of imidazole rings is 1. The number of H-pyrrole nitrogens is 1. The van der Waals surface area contributed by atoms with E-state index in [2.05, 4.69) is 9.97 Å². The van der Waals surface area contributed by atoms with Crippen molar-refractivity contribution in [3.05, 3.63) is 59.5 Å². The molecule has 0 bridgehead atoms. The zero-order valence-electron chi connectivity index (χ0n) is 16.8. The summed E-state index contributed by atoms with van der Waals surface area (Å²) in [4.78, 5) is 7.33. The average Bonchev–Trinajstić information content (AvgIpc) is 3.36. The molecule has 9 heteroatoms. The zero-order chi connectivity index (χ0) is 21.8. The van der Waals surface area contributed by atoms with Gasteiger partial charge < -0.3 is 14.5 Å². The first-order valence-corrected chi connectivity index (χ1v) is 9.76. The normalized spacial score (nSPS) is 16.5. The molecule has 1 unspecified atom stereocenters. The molecule has 3 heterocycles. The lowest BCUT2D eigenvalue weighted by atomic mass is 10.0. The first-order chi connectivity index (χ1) is 14.8. The largest absolute Gasteiger partial charge is 0.496 e. The molecule has 160 valence electrons. The molecule has 6 nitrogen and oxygen atoms in total. The number of nitrogens with zero attached hydrogens (tertiary/aromatic N) is 3. The lowest BCUT2D eigenvalue weighted by Crippen LogP contribution is -2.21. The number of benzene rings is 2. The molecule has 1 aliphatic rings. The van der Waals surface area contributed by atoms with Gasteiger partial charge in [-0.25, -0.2) is 9.67 Å². The minimum Gasteiger partial charge on any atom is -0.496 e. The van der Waals surface area contributed by atoms with E-state index in [1.54, 1.807) is 11.0 Å². The Bertz CT molecular complexity index is 1280. The van der Waals surface area contributed by atoms with Crippen molar-refractivity contribution in [3.8, 4) is 22.7 Å². The van der Waals surface area contributed by atoms with Crippen LogP contribution in [0.3, 0.4) is 0 Å². The van der Waals surface area contributed by atoms with Gasteiger partial charge >= 0.3 is 6.18 Å². The van der Waals surface area contributed by atoms with Crippen LogP contribution in [0.1, 0.15) is 23.7 Å². The molecule has 31 heavy (non-hydrogen) atoms. The highest BCUT2D eigenvalue weighted by Crippen LogP contribution is 2.39. The molecule has 1 atom stereocenters. The third kappa shape index (κ3) is 3.34. The van der Waals surface area contributed by atoms with Crippen LogP contribution in [0.5, 0.6) is 5.75 Å². The number of halogens is 3. The standard InChI is InChI=1S/C22H19F3N4O2/c1-12-7-19-15(10-31-12)21(13-3-6-17-18(8-13)27-11-26-17)28-29(19)14-4-5-16(22(23,24)25)20(9-14)30-2/h3-6,8-9,11-12H,7,10H2,1-2H3,(H,26,27). The molecule has 4 aromatic rings. The number of methoxy groups -OCH3 is 1. The number of alkyl halides is 3. The molecule has 1 N–H and O–H groups in total. The Kier molecular flexibility index (Phi) is 4.51. The quantitative estimate of drug-likeness (QED) is 0.504. The van der Waals surface area contributed by atoms with Crippen LogP contribution in [0.25, 0.3) is 28.0 Å². The summed E-state index contributed by atoms with van der Waals surface area (Å²) in [6, 6.07) is 9.61. The SMILES string of the molecule is COc1cc(-n2nc(-c3ccc4nc[nH]c4c3)c3c2CC(C)OC3)ccc1C(F)(F)F. The van der Waals surface area contributed by atoms with E-state index in [9.17, 15) is 13.2 Å². The maximum Gasteiger partial charge on any atom is 0.419 e. The van der Waals surface area contributed by atoms with Crippen LogP contribution in [0.4, 0.5) is 13.2 Å². The van der Waals surface area contributed by atoms with Crippen LogP contribution >= 0.6 is 0 Å². The topological polar surface area (TPSA) is 65.0 Å². The van der Waals surface area contributed by atoms with Gasteiger partial charge in [-0.15, -0.1) is 0 Å². The van der Waals surface area contributed by atoms with Crippen molar-refractivity contribution in [1.29, 1.82) is 0 Å². The van der Waals surface area contributed by atoms with Crippen LogP contribution < -0.4 is 4.74 Å². The van der Waals surface area contributed by atoms with Crippen LogP contribution in [-0.2, 0) is 23.9 Å². The minimum absolute atomic E-state index is 0.0257. The Morgan fingerprint density at radius 2 is 2.03 bits per heavy atom. The Morgan fingerprint density at radius 1 is 1.19 bits per heavy atom. The first-order valence-electron chi connectivity index (χ1n) is 9.76. The number of aromatic amines is 1. The maximum atomic E-state index is 13.3. The molecule has 5 rings (SSSR count). The second kappa shape index (κ2) is 7.12. The number of fused-ring (bicyclic) bond motifs is 2. The van der Waals surface area contributed by atoms with Crippen molar-refractivity contribution in [3.63, 3.8) is 0 Å². The summed E-state index contributed by atoms with van der Waals surface area (Å²) in [5.74, 6) is -0.241. The average molecular weight is 428 g/mol. The van der Waals surface area contributed by atoms with E-state index in [0.29, 0.717) is 18.7 Å². The molecule has 0 fully saturated rings. The highest BCUT2D eigenvalue weighted by molar-refractivity contribution is 5.81. The molecule has 0 radical (unpaired) electrons. The summed E-state index contributed by atoms with van der Waals surface area (Å²) in [7, 11) is 1.23. The van der Waals surface area contributed by atoms with E-state index >= 15 is 0 Å². The monoisotopic (exact) mass is 428 g/mol. The summed E-state index contributed by atoms with van der Waals surface area (Å²) in [5.41, 5.74) is 4.86. The summed E-state index contributed by atoms with van der Waals surface area (Å²) in [6.07, 6.45) is -2.30. The Morgan fingerprint density at radius 3 is 2.81 bits per heavy atom. The van der Waals surface area contributed by atoms with Gasteiger partial charge in [0.05, 0.1) is 59.8 Å². The molecular formula is C22H19F3N4O2. The summed E-state index contributed by atoms with van der Waals surface area (Å²) < 4.78 is 52.5. The lowest BCUT2D eigenvalue weighted by Gasteiger charge is -2.21. The van der Waals surface area contributed by atoms with Crippen LogP contribution in [0, 0.1) is 0 Å². The fourth-order valence-corrected chi connectivity index (χ4v) is 3.98. The molecule has 2 aromatic carbocycles. The maximum absolute atomic E-state index is 13.3. The number of hydrogen-bond donors (Lipinski definition) is 1. The Hall–Kier alpha value is -3.33. The minimum atomic E-state index is -4.50. The number of aromatic nitrogens is 4. The van der Waals surface area contributed by atoms with Gasteiger partial charge in [0.25, 0.3) is 0 Å². The zero-order valence-corrected chi connectivity index (χ0v) is 16.8. The molecule has 0 aliphatic carbocycles. The van der Waals surface area contributed by atoms with Crippen molar-refractivity contribution >= 4 is 11.0 Å². The van der Waals surface area contributed by atoms with Gasteiger partial charge in [0, 0.05) is 23.6 Å². The van der Waals surface area contributed by atoms with Gasteiger partial charge in [0.2, 0.25) is 0 Å². The van der Waals surface area contributed by atoms with Crippen LogP contribution in [0.2, 0.25) is 0 Å². The van der Waals surface area contributed by atoms with E-state index in [0.717, 1.165) is 39.6 Å². The predicted octanol–water partition coefficient (Wildman–Crippen LogP) is 4.90. The van der Waals surface area contributed by atoms with Gasteiger partial charge in [-0.05, 0) is 31.2 Å². The first kappa shape index (κ1) is 19.6. The van der Waals surface area contributed by atoms with E-state index in [1.165, 1.54) is 19.2 Å². The van der Waals surface area contributed by atoms with E-state index < -0.39 is 11.7 Å². The highest BCUT2D eigenvalue weighted by atomic mass is 19.4. The molecular weight excluding hydrogens is 409 g/mol. The molecule has 2 aromatic heterocycles. The molecule has 0 saturated heterocycles. The number of ether oxygens (including phenoxy) is 2. The number of nitrogens with one attached hydrogen (secondary N) is 1. The predicted molar refractivity (Wildman–Crippen MR) is 108 cm³/mol. The lowest BCUT2D eigenvalue weighted by molar-refractivity contribution is -0.138. The second-order valence-electron chi connectivity index (χ2n) is 7.53. The fraction of sp³-hybridized carbons (Fsp3) is 0.273. The summed E-state index contributed by atoms with van der Waals surface area (Å²) in [5, 5.41) is 4.79. The van der Waals surface area contributed by atoms with E-state index in [-0.39, 0.29) is 11.9 Å². The number of rotatable bonds is 3. The van der Waals surface area contributed by atoms with Crippen LogP contribution in [0.15, 0.2) is 42.7 Å². The summed E-state index contributed by atoms with van der Waals surface area (Å²) in [6.45, 7) is 2.34. The van der Waals surface area contributed by atoms with Crippen LogP contribution in [-0.4, -0.2) is 33.0 Å². The van der Waals surface area contributed by atoms with Gasteiger partial charge in [-0.2, -0.15) is 18.3 Å². The third-order valence-corrected chi connectivity index (χ3v) is 5.51. The molecule has 0 spiro atoms. The fourth-order valence-electron chi connectivity index (χ4n) is 3.98. The third-order valence-electron chi connectivity index (χ3n) is 5.51. The van der Waals surface area contributed by atoms with Crippen molar-refractivity contribution in [2.24, 2.45) is 0 Å². The smallest absolute Gasteiger partial charge is 0.419 e. The molecule has 1 aliphatic heterocycles. The van der Waals surface area contributed by atoms with E-state index in [1.807, 2.05) is 25.1 Å². The Labute approximate surface area is 175 Å². The van der Waals surface area contributed by atoms with Crippen molar-refractivity contribution in [2.45, 2.75) is 32.2 Å². The molecule has 0 amide bonds.